The minimum absolute atomic E-state index is 0.0638. The second-order valence-corrected chi connectivity index (χ2v) is 16.0. The Kier molecular flexibility index (Phi) is 13.5. The Balaban J connectivity index is 1.32. The predicted molar refractivity (Wildman–Crippen MR) is 205 cm³/mol. The van der Waals surface area contributed by atoms with Crippen molar-refractivity contribution >= 4 is 61.5 Å². The molecular weight excluding hydrogens is 728 g/mol. The van der Waals surface area contributed by atoms with Crippen LogP contribution in [0.5, 0.6) is 0 Å². The summed E-state index contributed by atoms with van der Waals surface area (Å²) in [5.41, 5.74) is 1.46. The Morgan fingerprint density at radius 1 is 0.981 bits per heavy atom. The number of esters is 1. The Morgan fingerprint density at radius 3 is 2.29 bits per heavy atom. The number of quaternary nitrogens is 1. The van der Waals surface area contributed by atoms with Crippen LogP contribution < -0.4 is 15.2 Å². The number of nitrogens with zero attached hydrogens (tertiary/aromatic N) is 2. The Hall–Kier alpha value is -3.84. The summed E-state index contributed by atoms with van der Waals surface area (Å²) in [6.45, 7) is 6.78. The van der Waals surface area contributed by atoms with E-state index in [4.69, 9.17) is 39.7 Å². The number of carbonyl (C=O) groups is 1. The number of thiocarbonyl (C=S) groups is 1. The first-order valence-corrected chi connectivity index (χ1v) is 20.2. The number of rotatable bonds is 15. The lowest BCUT2D eigenvalue weighted by Gasteiger charge is -2.37. The van der Waals surface area contributed by atoms with Gasteiger partial charge in [-0.1, -0.05) is 42.5 Å². The molecule has 0 bridgehead atoms. The molecule has 3 aromatic carbocycles. The molecule has 0 amide bonds. The number of fused-ring (bicyclic) bond motifs is 1. The van der Waals surface area contributed by atoms with Gasteiger partial charge in [0.1, 0.15) is 13.1 Å². The molecule has 52 heavy (non-hydrogen) atoms. The summed E-state index contributed by atoms with van der Waals surface area (Å²) in [5.74, 6) is -0.191. The first kappa shape index (κ1) is 39.4. The average molecular weight is 772 g/mol. The quantitative estimate of drug-likeness (QED) is 0.0550. The number of ether oxygens (including phenoxy) is 2. The maximum atomic E-state index is 13.7. The van der Waals surface area contributed by atoms with Gasteiger partial charge in [0.2, 0.25) is 6.73 Å². The van der Waals surface area contributed by atoms with Crippen molar-refractivity contribution in [1.82, 2.24) is 9.38 Å². The van der Waals surface area contributed by atoms with Crippen LogP contribution in [0.3, 0.4) is 0 Å². The molecule has 1 aliphatic rings. The molecule has 0 radical (unpaired) electrons. The number of hydrogen-bond donors (Lipinski definition) is 1. The van der Waals surface area contributed by atoms with Crippen LogP contribution in [0.25, 0.3) is 22.1 Å². The third-order valence-corrected chi connectivity index (χ3v) is 13.6. The predicted octanol–water partition coefficient (Wildman–Crippen LogP) is 7.57. The fraction of sp³-hybridized carbons (Fsp3) is 0.361. The van der Waals surface area contributed by atoms with Crippen molar-refractivity contribution < 1.29 is 41.4 Å². The molecule has 276 valence electrons. The molecule has 1 saturated heterocycles. The van der Waals surface area contributed by atoms with Gasteiger partial charge >= 0.3 is 33.0 Å². The van der Waals surface area contributed by atoms with Crippen molar-refractivity contribution in [2.45, 2.75) is 26.3 Å². The van der Waals surface area contributed by atoms with Gasteiger partial charge in [0.25, 0.3) is 0 Å². The van der Waals surface area contributed by atoms with E-state index in [2.05, 4.69) is 5.32 Å². The van der Waals surface area contributed by atoms with Gasteiger partial charge in [0, 0.05) is 18.3 Å². The van der Waals surface area contributed by atoms with Gasteiger partial charge in [0.05, 0.1) is 50.1 Å². The van der Waals surface area contributed by atoms with E-state index in [1.54, 1.807) is 51.1 Å². The smallest absolute Gasteiger partial charge is 0.411 e. The highest BCUT2D eigenvalue weighted by atomic mass is 32.1. The molecule has 2 atom stereocenters. The van der Waals surface area contributed by atoms with E-state index in [1.807, 2.05) is 42.5 Å². The van der Waals surface area contributed by atoms with Crippen molar-refractivity contribution in [1.29, 1.82) is 0 Å². The number of para-hydroxylation sites is 1. The molecule has 13 nitrogen and oxygen atoms in total. The topological polar surface area (TPSA) is 143 Å². The van der Waals surface area contributed by atoms with Crippen molar-refractivity contribution in [3.8, 4) is 11.1 Å². The number of hydrogen-bond acceptors (Lipinski definition) is 11. The fourth-order valence-electron chi connectivity index (χ4n) is 5.81. The largest absolute Gasteiger partial charge is 0.547 e. The highest BCUT2D eigenvalue weighted by molar-refractivity contribution is 7.80. The molecular formula is C36H43N3O10P2S+2. The van der Waals surface area contributed by atoms with Gasteiger partial charge in [-0.3, -0.25) is 14.3 Å². The third kappa shape index (κ3) is 8.85. The molecule has 4 aromatic rings. The monoisotopic (exact) mass is 771 g/mol. The first-order chi connectivity index (χ1) is 25.1. The van der Waals surface area contributed by atoms with Crippen LogP contribution in [-0.2, 0) is 32.2 Å². The zero-order valence-corrected chi connectivity index (χ0v) is 32.1. The zero-order chi connectivity index (χ0) is 37.3. The SMILES string of the molecule is CCO[P+](=O)C(N(C)C(=S)Nc1ccc(C(=O)OC[N+]2(c3cc(=O)c4cccc(-c5ccccc5)c4o3)CCOCC2)cc1)P(=O)(OCC)OCC. The summed E-state index contributed by atoms with van der Waals surface area (Å²) in [6, 6.07) is 23.1. The van der Waals surface area contributed by atoms with E-state index < -0.39 is 27.1 Å². The van der Waals surface area contributed by atoms with Crippen LogP contribution in [-0.4, -0.2) is 81.4 Å². The second kappa shape index (κ2) is 17.8. The molecule has 16 heteroatoms. The van der Waals surface area contributed by atoms with E-state index >= 15 is 0 Å². The third-order valence-electron chi connectivity index (χ3n) is 8.45. The van der Waals surface area contributed by atoms with Gasteiger partial charge < -0.3 is 28.3 Å². The van der Waals surface area contributed by atoms with Crippen molar-refractivity contribution in [3.63, 3.8) is 0 Å². The average Bonchev–Trinajstić information content (AvgIpc) is 3.15. The molecule has 1 fully saturated rings. The number of benzene rings is 3. The second-order valence-electron chi connectivity index (χ2n) is 11.8. The first-order valence-electron chi connectivity index (χ1n) is 16.9. The van der Waals surface area contributed by atoms with Crippen LogP contribution in [0, 0.1) is 0 Å². The van der Waals surface area contributed by atoms with Crippen LogP contribution >= 0.6 is 27.8 Å². The van der Waals surface area contributed by atoms with Gasteiger partial charge in [-0.05, 0) is 73.4 Å². The molecule has 0 aliphatic carbocycles. The zero-order valence-electron chi connectivity index (χ0n) is 29.5. The molecule has 5 rings (SSSR count). The molecule has 1 N–H and O–H groups in total. The van der Waals surface area contributed by atoms with Crippen molar-refractivity contribution in [3.05, 3.63) is 94.6 Å². The van der Waals surface area contributed by atoms with Gasteiger partial charge in [-0.15, -0.1) is 4.52 Å². The van der Waals surface area contributed by atoms with Gasteiger partial charge in [0.15, 0.2) is 16.1 Å². The van der Waals surface area contributed by atoms with Gasteiger partial charge in [-0.25, -0.2) is 9.28 Å². The number of morpholine rings is 1. The highest BCUT2D eigenvalue weighted by Crippen LogP contribution is 2.62. The van der Waals surface area contributed by atoms with Crippen LogP contribution in [0.15, 0.2) is 88.1 Å². The maximum Gasteiger partial charge on any atom is 0.547 e. The molecule has 1 aromatic heterocycles. The van der Waals surface area contributed by atoms with Crippen LogP contribution in [0.4, 0.5) is 11.6 Å². The van der Waals surface area contributed by atoms with Crippen molar-refractivity contribution in [2.24, 2.45) is 0 Å². The lowest BCUT2D eigenvalue weighted by atomic mass is 10.0. The van der Waals surface area contributed by atoms with Gasteiger partial charge in [-0.2, -0.15) is 0 Å². The minimum Gasteiger partial charge on any atom is -0.411 e. The maximum absolute atomic E-state index is 13.7. The highest BCUT2D eigenvalue weighted by Gasteiger charge is 2.55. The fourth-order valence-corrected chi connectivity index (χ4v) is 10.1. The molecule has 0 spiro atoms. The van der Waals surface area contributed by atoms with Crippen LogP contribution in [0.1, 0.15) is 31.1 Å². The lowest BCUT2D eigenvalue weighted by molar-refractivity contribution is -0.0242. The Bertz CT molecular complexity index is 1980. The van der Waals surface area contributed by atoms with E-state index in [0.717, 1.165) is 11.1 Å². The summed E-state index contributed by atoms with van der Waals surface area (Å²) in [4.78, 5) is 28.1. The van der Waals surface area contributed by atoms with E-state index in [9.17, 15) is 18.7 Å². The minimum atomic E-state index is -3.94. The summed E-state index contributed by atoms with van der Waals surface area (Å²) in [6.07, 6.45) is 0. The molecule has 2 unspecified atom stereocenters. The van der Waals surface area contributed by atoms with Crippen molar-refractivity contribution in [2.75, 3.05) is 65.2 Å². The van der Waals surface area contributed by atoms with Crippen LogP contribution in [0.2, 0.25) is 0 Å². The number of nitrogens with one attached hydrogen (secondary N) is 1. The van der Waals surface area contributed by atoms with E-state index in [-0.39, 0.29) is 47.1 Å². The lowest BCUT2D eigenvalue weighted by Crippen LogP contribution is -2.58. The number of carbonyl (C=O) groups excluding carboxylic acids is 1. The Morgan fingerprint density at radius 2 is 1.65 bits per heavy atom. The summed E-state index contributed by atoms with van der Waals surface area (Å²) >= 11 is 5.57. The summed E-state index contributed by atoms with van der Waals surface area (Å²) < 4.78 is 61.1. The normalized spacial score (nSPS) is 15.1. The molecule has 1 aliphatic heterocycles. The Labute approximate surface area is 308 Å². The summed E-state index contributed by atoms with van der Waals surface area (Å²) in [5, 5.41) is 3.56. The molecule has 0 saturated carbocycles. The van der Waals surface area contributed by atoms with E-state index in [0.29, 0.717) is 48.8 Å². The summed E-state index contributed by atoms with van der Waals surface area (Å²) in [7, 11) is -4.94. The number of anilines is 1. The van der Waals surface area contributed by atoms with E-state index in [1.165, 1.54) is 18.0 Å². The standard InChI is InChI=1S/C36H42N3O10P2S/c1-5-46-50(42)36(51(43,47-6-2)48-7-3)38(4)35(52)37-28-18-16-27(17-19-28)34(41)45-25-39(20-22-44-23-21-39)32-24-31(40)30-15-11-14-29(33(30)49-32)26-12-9-8-10-13-26/h8-19,24,36H,5-7,20-23,25H2,1-4H3/q+1/p+1. The molecule has 2 heterocycles.